The van der Waals surface area contributed by atoms with Crippen LogP contribution < -0.4 is 10.6 Å². The van der Waals surface area contributed by atoms with Crippen LogP contribution in [0.2, 0.25) is 19.1 Å². The highest BCUT2D eigenvalue weighted by Crippen LogP contribution is 2.32. The average Bonchev–Trinajstić information content (AvgIpc) is 3.48. The first-order valence-corrected chi connectivity index (χ1v) is 22.1. The number of likely N-dealkylation sites (N-methyl/N-ethyl adjacent to an activating group) is 1. The fourth-order valence-corrected chi connectivity index (χ4v) is 10.1. The number of fused-ring (bicyclic) bond motifs is 1. The van der Waals surface area contributed by atoms with Gasteiger partial charge in [-0.3, -0.25) is 19.3 Å². The van der Waals surface area contributed by atoms with Gasteiger partial charge in [0.1, 0.15) is 23.7 Å². The van der Waals surface area contributed by atoms with E-state index in [1.165, 1.54) is 24.6 Å². The summed E-state index contributed by atoms with van der Waals surface area (Å²) in [6.45, 7) is 11.2. The van der Waals surface area contributed by atoms with Gasteiger partial charge in [-0.2, -0.15) is 0 Å². The quantitative estimate of drug-likeness (QED) is 0.190. The van der Waals surface area contributed by atoms with E-state index in [2.05, 4.69) is 35.9 Å². The van der Waals surface area contributed by atoms with E-state index in [4.69, 9.17) is 9.47 Å². The Morgan fingerprint density at radius 2 is 1.57 bits per heavy atom. The minimum atomic E-state index is -2.01. The molecule has 0 bridgehead atoms. The summed E-state index contributed by atoms with van der Waals surface area (Å²) in [6, 6.07) is 20.8. The molecule has 4 atom stereocenters. The van der Waals surface area contributed by atoms with Gasteiger partial charge in [0.2, 0.25) is 17.7 Å². The van der Waals surface area contributed by atoms with Crippen LogP contribution in [0.5, 0.6) is 0 Å². The Morgan fingerprint density at radius 3 is 2.20 bits per heavy atom. The number of ether oxygens (including phenoxy) is 2. The molecule has 11 nitrogen and oxygen atoms in total. The molecule has 0 spiro atoms. The van der Waals surface area contributed by atoms with Gasteiger partial charge in [0.05, 0.1) is 26.8 Å². The predicted octanol–water partition coefficient (Wildman–Crippen LogP) is 6.08. The number of hydrogen-bond acceptors (Lipinski definition) is 7. The highest BCUT2D eigenvalue weighted by atomic mass is 28.3. The van der Waals surface area contributed by atoms with E-state index in [0.717, 1.165) is 41.5 Å². The number of nitrogens with zero attached hydrogens (tertiary/aromatic N) is 2. The summed E-state index contributed by atoms with van der Waals surface area (Å²) >= 11 is 0. The van der Waals surface area contributed by atoms with Crippen molar-refractivity contribution < 1.29 is 33.4 Å². The highest BCUT2D eigenvalue weighted by Gasteiger charge is 2.47. The number of aryl methyl sites for hydroxylation is 1. The molecule has 0 radical (unpaired) electrons. The van der Waals surface area contributed by atoms with E-state index >= 15 is 0 Å². The largest absolute Gasteiger partial charge is 0.465 e. The number of amides is 4. The fourth-order valence-electron chi connectivity index (χ4n) is 7.25. The number of methoxy groups -OCH3 is 1. The highest BCUT2D eigenvalue weighted by molar-refractivity contribution is 6.79. The number of benzene rings is 3. The van der Waals surface area contributed by atoms with Crippen molar-refractivity contribution in [1.29, 1.82) is 0 Å². The third kappa shape index (κ3) is 9.76. The molecule has 1 saturated heterocycles. The Kier molecular flexibility index (Phi) is 12.4. The van der Waals surface area contributed by atoms with Crippen molar-refractivity contribution in [3.05, 3.63) is 95.1 Å². The number of nitrogens with one attached hydrogen (secondary N) is 2. The number of rotatable bonds is 10. The lowest BCUT2D eigenvalue weighted by molar-refractivity contribution is -0.141. The van der Waals surface area contributed by atoms with Crippen LogP contribution in [-0.4, -0.2) is 91.7 Å². The maximum Gasteiger partial charge on any atom is 0.410 e. The molecule has 1 aliphatic heterocycles. The van der Waals surface area contributed by atoms with Gasteiger partial charge >= 0.3 is 12.1 Å². The third-order valence-electron chi connectivity index (χ3n) is 10.3. The Balaban J connectivity index is 1.39. The van der Waals surface area contributed by atoms with Crippen molar-refractivity contribution in [3.8, 4) is 11.1 Å². The van der Waals surface area contributed by atoms with Gasteiger partial charge < -0.3 is 25.0 Å². The fraction of sp³-hybridized carbons (Fsp3) is 0.452. The van der Waals surface area contributed by atoms with Crippen molar-refractivity contribution >= 4 is 37.9 Å². The molecule has 2 N–H and O–H groups in total. The zero-order chi connectivity index (χ0) is 39.4. The normalized spacial score (nSPS) is 18.8. The molecule has 3 aromatic carbocycles. The van der Waals surface area contributed by atoms with E-state index in [9.17, 15) is 24.0 Å². The monoisotopic (exact) mass is 754 g/mol. The second kappa shape index (κ2) is 16.6. The van der Waals surface area contributed by atoms with Crippen molar-refractivity contribution in [1.82, 2.24) is 20.4 Å². The van der Waals surface area contributed by atoms with E-state index < -0.39 is 49.8 Å². The molecule has 4 amide bonds. The van der Waals surface area contributed by atoms with E-state index in [0.29, 0.717) is 17.8 Å². The molecule has 5 rings (SSSR count). The molecule has 0 saturated carbocycles. The van der Waals surface area contributed by atoms with Crippen LogP contribution >= 0.6 is 0 Å². The molecule has 0 aromatic heterocycles. The molecule has 288 valence electrons. The van der Waals surface area contributed by atoms with Gasteiger partial charge in [-0.1, -0.05) is 73.8 Å². The lowest BCUT2D eigenvalue weighted by atomic mass is 9.87. The number of hydrogen-bond donors (Lipinski definition) is 2. The first-order valence-electron chi connectivity index (χ1n) is 18.7. The molecular weight excluding hydrogens is 701 g/mol. The lowest BCUT2D eigenvalue weighted by Gasteiger charge is -2.33. The topological polar surface area (TPSA) is 134 Å². The molecule has 3 aromatic rings. The summed E-state index contributed by atoms with van der Waals surface area (Å²) in [5.74, 6) is -1.43. The summed E-state index contributed by atoms with van der Waals surface area (Å²) in [6.07, 6.45) is 2.76. The van der Waals surface area contributed by atoms with Crippen LogP contribution in [-0.2, 0) is 36.7 Å². The Hall–Kier alpha value is -4.97. The van der Waals surface area contributed by atoms with Gasteiger partial charge in [-0.05, 0) is 93.0 Å². The molecular formula is C42H54N4O7Si. The van der Waals surface area contributed by atoms with Crippen LogP contribution in [0.4, 0.5) is 4.79 Å². The minimum Gasteiger partial charge on any atom is -0.465 e. The maximum absolute atomic E-state index is 14.7. The van der Waals surface area contributed by atoms with E-state index in [-0.39, 0.29) is 24.3 Å². The van der Waals surface area contributed by atoms with Crippen LogP contribution in [0, 0.1) is 0 Å². The molecule has 1 heterocycles. The summed E-state index contributed by atoms with van der Waals surface area (Å²) in [4.78, 5) is 70.3. The van der Waals surface area contributed by atoms with Crippen molar-refractivity contribution in [2.45, 2.75) is 102 Å². The maximum atomic E-state index is 14.7. The standard InChI is InChI=1S/C42H54N4O7Si/c1-27(45(5)41(51)53-42(2,3)4)37(47)44-35(24-28-16-18-29(19-17-28)30-20-22-32(23-21-30)40(50)52-6)39(49)46-26-54(7,8)25-36(46)38(48)43-34-15-11-13-31-12-9-10-14-33(31)34/h9-10,12,14,16-23,27,34-36H,11,13,15,24-26H2,1-8H3,(H,43,48)(H,44,47)/t27?,34-,35?,36?/m1/s1. The first-order chi connectivity index (χ1) is 25.5. The second-order valence-electron chi connectivity index (χ2n) is 16.3. The number of esters is 1. The number of carbonyl (C=O) groups is 5. The Bertz CT molecular complexity index is 1860. The molecule has 12 heteroatoms. The van der Waals surface area contributed by atoms with Gasteiger partial charge in [-0.25, -0.2) is 9.59 Å². The average molecular weight is 755 g/mol. The SMILES string of the molecule is COC(=O)c1ccc(-c2ccc(CC(NC(=O)C(C)N(C)C(=O)OC(C)(C)C)C(=O)N3C[Si](C)(C)CC3C(=O)N[C@@H]3CCCc4ccccc43)cc2)cc1. The summed E-state index contributed by atoms with van der Waals surface area (Å²) < 4.78 is 10.3. The lowest BCUT2D eigenvalue weighted by Crippen LogP contribution is -2.57. The van der Waals surface area contributed by atoms with Gasteiger partial charge in [0.15, 0.2) is 0 Å². The van der Waals surface area contributed by atoms with Gasteiger partial charge in [-0.15, -0.1) is 0 Å². The zero-order valence-electron chi connectivity index (χ0n) is 32.7. The van der Waals surface area contributed by atoms with E-state index in [1.54, 1.807) is 44.7 Å². The van der Waals surface area contributed by atoms with Crippen LogP contribution in [0.1, 0.15) is 73.6 Å². The van der Waals surface area contributed by atoms with E-state index in [1.807, 2.05) is 48.5 Å². The predicted molar refractivity (Wildman–Crippen MR) is 210 cm³/mol. The number of carbonyl (C=O) groups excluding carboxylic acids is 5. The molecule has 54 heavy (non-hydrogen) atoms. The third-order valence-corrected chi connectivity index (χ3v) is 13.0. The van der Waals surface area contributed by atoms with Gasteiger partial charge in [0, 0.05) is 19.6 Å². The second-order valence-corrected chi connectivity index (χ2v) is 21.4. The Morgan fingerprint density at radius 1 is 0.944 bits per heavy atom. The summed E-state index contributed by atoms with van der Waals surface area (Å²) in [5, 5.41) is 6.24. The van der Waals surface area contributed by atoms with Crippen LogP contribution in [0.25, 0.3) is 11.1 Å². The molecule has 2 aliphatic rings. The molecule has 3 unspecified atom stereocenters. The van der Waals surface area contributed by atoms with Crippen molar-refractivity contribution in [2.24, 2.45) is 0 Å². The summed E-state index contributed by atoms with van der Waals surface area (Å²) in [5.41, 5.74) is 4.66. The molecule has 1 fully saturated rings. The molecule has 1 aliphatic carbocycles. The van der Waals surface area contributed by atoms with Crippen molar-refractivity contribution in [3.63, 3.8) is 0 Å². The van der Waals surface area contributed by atoms with Crippen molar-refractivity contribution in [2.75, 3.05) is 20.3 Å². The van der Waals surface area contributed by atoms with Crippen LogP contribution in [0.15, 0.2) is 72.8 Å². The van der Waals surface area contributed by atoms with Gasteiger partial charge in [0.25, 0.3) is 0 Å². The summed E-state index contributed by atoms with van der Waals surface area (Å²) in [7, 11) is 0.821. The minimum absolute atomic E-state index is 0.125. The first kappa shape index (κ1) is 40.2. The zero-order valence-corrected chi connectivity index (χ0v) is 33.7. The smallest absolute Gasteiger partial charge is 0.410 e. The Labute approximate surface area is 319 Å². The van der Waals surface area contributed by atoms with Crippen LogP contribution in [0.3, 0.4) is 0 Å².